The highest BCUT2D eigenvalue weighted by Crippen LogP contribution is 2.23. The molecule has 0 aliphatic heterocycles. The number of carbonyl (C=O) groups is 1. The van der Waals surface area contributed by atoms with Gasteiger partial charge < -0.3 is 14.9 Å². The first-order chi connectivity index (χ1) is 7.10. The van der Waals surface area contributed by atoms with Gasteiger partial charge in [0.05, 0.1) is 11.7 Å². The van der Waals surface area contributed by atoms with Crippen LogP contribution in [0.1, 0.15) is 40.5 Å². The van der Waals surface area contributed by atoms with Gasteiger partial charge in [0.15, 0.2) is 0 Å². The Morgan fingerprint density at radius 1 is 1.50 bits per heavy atom. The van der Waals surface area contributed by atoms with Gasteiger partial charge in [-0.25, -0.2) is 0 Å². The first-order valence-electron chi connectivity index (χ1n) is 5.34. The van der Waals surface area contributed by atoms with Crippen molar-refractivity contribution in [2.24, 2.45) is 0 Å². The van der Waals surface area contributed by atoms with E-state index >= 15 is 0 Å². The predicted octanol–water partition coefficient (Wildman–Crippen LogP) is 1.41. The third kappa shape index (κ3) is 5.28. The van der Waals surface area contributed by atoms with Crippen LogP contribution in [0.2, 0.25) is 0 Å². The van der Waals surface area contributed by atoms with Crippen LogP contribution in [-0.2, 0) is 9.53 Å². The van der Waals surface area contributed by atoms with E-state index in [9.17, 15) is 15.0 Å². The first-order valence-corrected chi connectivity index (χ1v) is 5.34. The molecule has 0 bridgehead atoms. The van der Waals surface area contributed by atoms with Gasteiger partial charge >= 0.3 is 5.97 Å². The molecule has 0 saturated heterocycles. The summed E-state index contributed by atoms with van der Waals surface area (Å²) in [4.78, 5) is 10.9. The maximum Gasteiger partial charge on any atom is 0.303 e. The van der Waals surface area contributed by atoms with Crippen molar-refractivity contribution >= 4 is 5.97 Å². The summed E-state index contributed by atoms with van der Waals surface area (Å²) in [7, 11) is 0. The van der Waals surface area contributed by atoms with Gasteiger partial charge in [0.1, 0.15) is 5.60 Å². The molecule has 0 unspecified atom stereocenters. The lowest BCUT2D eigenvalue weighted by Gasteiger charge is -2.30. The van der Waals surface area contributed by atoms with E-state index in [0.29, 0.717) is 12.8 Å². The molecule has 2 N–H and O–H groups in total. The van der Waals surface area contributed by atoms with Crippen LogP contribution in [0.3, 0.4) is 0 Å². The van der Waals surface area contributed by atoms with Crippen molar-refractivity contribution in [1.29, 1.82) is 0 Å². The van der Waals surface area contributed by atoms with Crippen molar-refractivity contribution in [2.45, 2.75) is 57.8 Å². The monoisotopic (exact) mass is 230 g/mol. The molecular formula is C12H22O4. The molecule has 16 heavy (non-hydrogen) atoms. The average molecular weight is 230 g/mol. The smallest absolute Gasteiger partial charge is 0.303 e. The minimum Gasteiger partial charge on any atom is -0.455 e. The van der Waals surface area contributed by atoms with Gasteiger partial charge in [-0.05, 0) is 39.7 Å². The maximum atomic E-state index is 10.9. The minimum absolute atomic E-state index is 0.333. The second kappa shape index (κ2) is 5.46. The number of aliphatic hydroxyl groups is 2. The van der Waals surface area contributed by atoms with E-state index in [4.69, 9.17) is 4.74 Å². The number of rotatable bonds is 6. The average Bonchev–Trinajstić information content (AvgIpc) is 2.11. The van der Waals surface area contributed by atoms with Gasteiger partial charge in [0.2, 0.25) is 0 Å². The van der Waals surface area contributed by atoms with Crippen molar-refractivity contribution in [2.75, 3.05) is 0 Å². The molecule has 0 fully saturated rings. The Bertz CT molecular complexity index is 254. The number of hydrogen-bond donors (Lipinski definition) is 2. The predicted molar refractivity (Wildman–Crippen MR) is 61.9 cm³/mol. The molecule has 0 amide bonds. The molecule has 4 heteroatoms. The number of hydrogen-bond acceptors (Lipinski definition) is 4. The molecule has 0 rings (SSSR count). The number of carbonyl (C=O) groups excluding carboxylic acids is 1. The molecule has 2 atom stereocenters. The maximum absolute atomic E-state index is 10.9. The van der Waals surface area contributed by atoms with E-state index in [2.05, 4.69) is 6.58 Å². The highest BCUT2D eigenvalue weighted by atomic mass is 16.6. The van der Waals surface area contributed by atoms with Crippen molar-refractivity contribution in [3.63, 3.8) is 0 Å². The summed E-state index contributed by atoms with van der Waals surface area (Å²) in [6.07, 6.45) is 1.42. The fourth-order valence-corrected chi connectivity index (χ4v) is 1.30. The van der Waals surface area contributed by atoms with Gasteiger partial charge in [0.25, 0.3) is 0 Å². The molecular weight excluding hydrogens is 208 g/mol. The Hall–Kier alpha value is -0.870. The molecule has 0 radical (unpaired) electrons. The molecule has 94 valence electrons. The van der Waals surface area contributed by atoms with E-state index < -0.39 is 17.3 Å². The van der Waals surface area contributed by atoms with Crippen molar-refractivity contribution in [3.8, 4) is 0 Å². The van der Waals surface area contributed by atoms with E-state index in [1.165, 1.54) is 26.8 Å². The SMILES string of the molecule is C=C[C@@](C)(CC[C@H](O)C(C)(C)O)OC(C)=O. The molecule has 0 aromatic carbocycles. The Kier molecular flexibility index (Phi) is 5.16. The summed E-state index contributed by atoms with van der Waals surface area (Å²) in [5.41, 5.74) is -1.95. The zero-order chi connectivity index (χ0) is 13.0. The molecule has 4 nitrogen and oxygen atoms in total. The van der Waals surface area contributed by atoms with Crippen LogP contribution in [-0.4, -0.2) is 33.5 Å². The van der Waals surface area contributed by atoms with E-state index in [1.807, 2.05) is 0 Å². The largest absolute Gasteiger partial charge is 0.455 e. The lowest BCUT2D eigenvalue weighted by atomic mass is 9.91. The van der Waals surface area contributed by atoms with E-state index in [1.54, 1.807) is 6.92 Å². The van der Waals surface area contributed by atoms with E-state index in [0.717, 1.165) is 0 Å². The van der Waals surface area contributed by atoms with Crippen LogP contribution in [0.15, 0.2) is 12.7 Å². The van der Waals surface area contributed by atoms with E-state index in [-0.39, 0.29) is 5.97 Å². The van der Waals surface area contributed by atoms with Crippen LogP contribution in [0.25, 0.3) is 0 Å². The summed E-state index contributed by atoms with van der Waals surface area (Å²) in [5.74, 6) is -0.389. The Morgan fingerprint density at radius 3 is 2.31 bits per heavy atom. The summed E-state index contributed by atoms with van der Waals surface area (Å²) in [6, 6.07) is 0. The Balaban J connectivity index is 4.35. The fraction of sp³-hybridized carbons (Fsp3) is 0.750. The molecule has 0 aliphatic carbocycles. The lowest BCUT2D eigenvalue weighted by molar-refractivity contribution is -0.152. The zero-order valence-corrected chi connectivity index (χ0v) is 10.5. The molecule has 0 aromatic heterocycles. The first kappa shape index (κ1) is 15.1. The standard InChI is InChI=1S/C12H22O4/c1-6-12(5,16-9(2)13)8-7-10(14)11(3,4)15/h6,10,14-15H,1,7-8H2,2-5H3/t10-,12-/m0/s1. The summed E-state index contributed by atoms with van der Waals surface area (Å²) < 4.78 is 5.10. The van der Waals surface area contributed by atoms with Crippen molar-refractivity contribution in [1.82, 2.24) is 0 Å². The second-order valence-electron chi connectivity index (χ2n) is 4.82. The van der Waals surface area contributed by atoms with Crippen LogP contribution in [0, 0.1) is 0 Å². The second-order valence-corrected chi connectivity index (χ2v) is 4.82. The molecule has 0 heterocycles. The summed E-state index contributed by atoms with van der Waals surface area (Å²) >= 11 is 0. The van der Waals surface area contributed by atoms with Crippen molar-refractivity contribution < 1.29 is 19.7 Å². The van der Waals surface area contributed by atoms with Crippen molar-refractivity contribution in [3.05, 3.63) is 12.7 Å². The van der Waals surface area contributed by atoms with Crippen LogP contribution in [0.5, 0.6) is 0 Å². The number of aliphatic hydroxyl groups excluding tert-OH is 1. The van der Waals surface area contributed by atoms with Gasteiger partial charge in [0, 0.05) is 6.92 Å². The van der Waals surface area contributed by atoms with Gasteiger partial charge in [-0.3, -0.25) is 4.79 Å². The number of ether oxygens (including phenoxy) is 1. The molecule has 0 aliphatic rings. The Morgan fingerprint density at radius 2 is 2.00 bits per heavy atom. The highest BCUT2D eigenvalue weighted by molar-refractivity contribution is 5.66. The van der Waals surface area contributed by atoms with Gasteiger partial charge in [-0.2, -0.15) is 0 Å². The lowest BCUT2D eigenvalue weighted by Crippen LogP contribution is -2.38. The summed E-state index contributed by atoms with van der Waals surface area (Å²) in [5, 5.41) is 19.2. The zero-order valence-electron chi connectivity index (χ0n) is 10.5. The third-order valence-corrected chi connectivity index (χ3v) is 2.54. The topological polar surface area (TPSA) is 66.8 Å². The van der Waals surface area contributed by atoms with Crippen LogP contribution in [0.4, 0.5) is 0 Å². The highest BCUT2D eigenvalue weighted by Gasteiger charge is 2.29. The van der Waals surface area contributed by atoms with Crippen LogP contribution >= 0.6 is 0 Å². The number of esters is 1. The third-order valence-electron chi connectivity index (χ3n) is 2.54. The Labute approximate surface area is 96.9 Å². The van der Waals surface area contributed by atoms with Gasteiger partial charge in [-0.1, -0.05) is 6.58 Å². The fourth-order valence-electron chi connectivity index (χ4n) is 1.30. The molecule has 0 saturated carbocycles. The summed E-state index contributed by atoms with van der Waals surface area (Å²) in [6.45, 7) is 9.73. The quantitative estimate of drug-likeness (QED) is 0.535. The molecule has 0 spiro atoms. The van der Waals surface area contributed by atoms with Gasteiger partial charge in [-0.15, -0.1) is 0 Å². The van der Waals surface area contributed by atoms with Crippen LogP contribution < -0.4 is 0 Å². The minimum atomic E-state index is -1.15. The molecule has 0 aromatic rings. The normalized spacial score (nSPS) is 17.4.